The summed E-state index contributed by atoms with van der Waals surface area (Å²) in [6.07, 6.45) is 6.19. The van der Waals surface area contributed by atoms with E-state index >= 15 is 0 Å². The van der Waals surface area contributed by atoms with Crippen LogP contribution in [0.1, 0.15) is 59.8 Å². The highest BCUT2D eigenvalue weighted by atomic mass is 16.5. The maximum absolute atomic E-state index is 10.2. The SMILES string of the molecule is CCCNC1CCC(OCC(C)(O)C(C)C)CC1. The Morgan fingerprint density at radius 3 is 2.39 bits per heavy atom. The van der Waals surface area contributed by atoms with Crippen molar-refractivity contribution in [2.75, 3.05) is 13.2 Å². The molecule has 0 radical (unpaired) electrons. The lowest BCUT2D eigenvalue weighted by molar-refractivity contribution is -0.0943. The molecule has 3 nitrogen and oxygen atoms in total. The third-order valence-electron chi connectivity index (χ3n) is 4.21. The molecule has 1 aliphatic carbocycles. The standard InChI is InChI=1S/C15H31NO2/c1-5-10-16-13-6-8-14(9-7-13)18-11-15(4,17)12(2)3/h12-14,16-17H,5-11H2,1-4H3. The first-order chi connectivity index (χ1) is 8.45. The number of nitrogens with one attached hydrogen (secondary N) is 1. The maximum atomic E-state index is 10.2. The molecule has 0 bridgehead atoms. The van der Waals surface area contributed by atoms with Gasteiger partial charge in [0, 0.05) is 6.04 Å². The van der Waals surface area contributed by atoms with Crippen LogP contribution in [0.2, 0.25) is 0 Å². The van der Waals surface area contributed by atoms with Crippen molar-refractivity contribution in [1.29, 1.82) is 0 Å². The van der Waals surface area contributed by atoms with Crippen LogP contribution in [0.25, 0.3) is 0 Å². The molecule has 1 unspecified atom stereocenters. The molecule has 0 aromatic heterocycles. The van der Waals surface area contributed by atoms with Gasteiger partial charge in [0.2, 0.25) is 0 Å². The topological polar surface area (TPSA) is 41.5 Å². The van der Waals surface area contributed by atoms with Gasteiger partial charge in [-0.15, -0.1) is 0 Å². The van der Waals surface area contributed by atoms with Crippen LogP contribution < -0.4 is 5.32 Å². The van der Waals surface area contributed by atoms with E-state index in [4.69, 9.17) is 4.74 Å². The van der Waals surface area contributed by atoms with E-state index in [1.54, 1.807) is 0 Å². The molecule has 1 saturated carbocycles. The van der Waals surface area contributed by atoms with Crippen molar-refractivity contribution in [3.05, 3.63) is 0 Å². The zero-order valence-electron chi connectivity index (χ0n) is 12.5. The summed E-state index contributed by atoms with van der Waals surface area (Å²) < 4.78 is 5.88. The van der Waals surface area contributed by atoms with Gasteiger partial charge in [0.25, 0.3) is 0 Å². The lowest BCUT2D eigenvalue weighted by Gasteiger charge is -2.33. The Labute approximate surface area is 112 Å². The van der Waals surface area contributed by atoms with E-state index in [0.717, 1.165) is 19.4 Å². The minimum Gasteiger partial charge on any atom is -0.388 e. The highest BCUT2D eigenvalue weighted by Crippen LogP contribution is 2.24. The fraction of sp³-hybridized carbons (Fsp3) is 1.00. The van der Waals surface area contributed by atoms with Crippen molar-refractivity contribution < 1.29 is 9.84 Å². The molecule has 1 aliphatic rings. The Morgan fingerprint density at radius 2 is 1.89 bits per heavy atom. The first-order valence-corrected chi connectivity index (χ1v) is 7.53. The molecule has 1 atom stereocenters. The molecule has 1 rings (SSSR count). The molecule has 108 valence electrons. The molecule has 18 heavy (non-hydrogen) atoms. The second kappa shape index (κ2) is 7.46. The van der Waals surface area contributed by atoms with Crippen molar-refractivity contribution in [3.63, 3.8) is 0 Å². The summed E-state index contributed by atoms with van der Waals surface area (Å²) >= 11 is 0. The van der Waals surface area contributed by atoms with Gasteiger partial charge in [-0.3, -0.25) is 0 Å². The van der Waals surface area contributed by atoms with Gasteiger partial charge in [-0.05, 0) is 51.5 Å². The third kappa shape index (κ3) is 5.25. The lowest BCUT2D eigenvalue weighted by Crippen LogP contribution is -2.40. The molecule has 0 aromatic rings. The van der Waals surface area contributed by atoms with E-state index in [-0.39, 0.29) is 5.92 Å². The van der Waals surface area contributed by atoms with Crippen molar-refractivity contribution >= 4 is 0 Å². The zero-order valence-corrected chi connectivity index (χ0v) is 12.5. The summed E-state index contributed by atoms with van der Waals surface area (Å²) in [4.78, 5) is 0. The molecule has 0 spiro atoms. The minimum atomic E-state index is -0.697. The monoisotopic (exact) mass is 257 g/mol. The smallest absolute Gasteiger partial charge is 0.0875 e. The number of hydrogen-bond acceptors (Lipinski definition) is 3. The summed E-state index contributed by atoms with van der Waals surface area (Å²) in [5, 5.41) is 13.7. The van der Waals surface area contributed by atoms with E-state index in [1.165, 1.54) is 19.3 Å². The highest BCUT2D eigenvalue weighted by molar-refractivity contribution is 4.80. The molecule has 0 saturated heterocycles. The summed E-state index contributed by atoms with van der Waals surface area (Å²) in [6.45, 7) is 9.73. The fourth-order valence-corrected chi connectivity index (χ4v) is 2.24. The van der Waals surface area contributed by atoms with Crippen molar-refractivity contribution in [2.24, 2.45) is 5.92 Å². The highest BCUT2D eigenvalue weighted by Gasteiger charge is 2.28. The molecule has 0 aromatic carbocycles. The quantitative estimate of drug-likeness (QED) is 0.737. The van der Waals surface area contributed by atoms with Crippen LogP contribution in [0.4, 0.5) is 0 Å². The molecule has 0 heterocycles. The summed E-state index contributed by atoms with van der Waals surface area (Å²) in [7, 11) is 0. The summed E-state index contributed by atoms with van der Waals surface area (Å²) in [5.74, 6) is 0.236. The maximum Gasteiger partial charge on any atom is 0.0875 e. The molecule has 0 aliphatic heterocycles. The molecular weight excluding hydrogens is 226 g/mol. The van der Waals surface area contributed by atoms with Crippen LogP contribution >= 0.6 is 0 Å². The van der Waals surface area contributed by atoms with E-state index in [0.29, 0.717) is 18.8 Å². The van der Waals surface area contributed by atoms with Crippen LogP contribution in [0, 0.1) is 5.92 Å². The van der Waals surface area contributed by atoms with Crippen molar-refractivity contribution in [2.45, 2.75) is 77.5 Å². The largest absolute Gasteiger partial charge is 0.388 e. The van der Waals surface area contributed by atoms with Gasteiger partial charge in [-0.1, -0.05) is 20.8 Å². The fourth-order valence-electron chi connectivity index (χ4n) is 2.24. The molecule has 1 fully saturated rings. The molecule has 0 amide bonds. The van der Waals surface area contributed by atoms with Gasteiger partial charge >= 0.3 is 0 Å². The van der Waals surface area contributed by atoms with E-state index < -0.39 is 5.60 Å². The van der Waals surface area contributed by atoms with Crippen LogP contribution in [0.3, 0.4) is 0 Å². The number of aliphatic hydroxyl groups is 1. The predicted octanol–water partition coefficient (Wildman–Crippen LogP) is 2.72. The average Bonchev–Trinajstić information content (AvgIpc) is 2.35. The number of rotatable bonds is 7. The van der Waals surface area contributed by atoms with Crippen LogP contribution in [0.15, 0.2) is 0 Å². The summed E-state index contributed by atoms with van der Waals surface area (Å²) in [6, 6.07) is 0.676. The number of hydrogen-bond donors (Lipinski definition) is 2. The van der Waals surface area contributed by atoms with Gasteiger partial charge < -0.3 is 15.2 Å². The minimum absolute atomic E-state index is 0.236. The molecule has 3 heteroatoms. The third-order valence-corrected chi connectivity index (χ3v) is 4.21. The van der Waals surface area contributed by atoms with Crippen LogP contribution in [-0.2, 0) is 4.74 Å². The second-order valence-electron chi connectivity index (χ2n) is 6.25. The Kier molecular flexibility index (Phi) is 6.61. The molecular formula is C15H31NO2. The molecule has 2 N–H and O–H groups in total. The van der Waals surface area contributed by atoms with Crippen LogP contribution in [-0.4, -0.2) is 36.0 Å². The average molecular weight is 257 g/mol. The van der Waals surface area contributed by atoms with E-state index in [9.17, 15) is 5.11 Å². The lowest BCUT2D eigenvalue weighted by atomic mass is 9.91. The second-order valence-corrected chi connectivity index (χ2v) is 6.25. The van der Waals surface area contributed by atoms with Gasteiger partial charge in [-0.25, -0.2) is 0 Å². The Morgan fingerprint density at radius 1 is 1.28 bits per heavy atom. The van der Waals surface area contributed by atoms with E-state index in [2.05, 4.69) is 12.2 Å². The summed E-state index contributed by atoms with van der Waals surface area (Å²) in [5.41, 5.74) is -0.697. The van der Waals surface area contributed by atoms with Gasteiger partial charge in [-0.2, -0.15) is 0 Å². The van der Waals surface area contributed by atoms with Crippen LogP contribution in [0.5, 0.6) is 0 Å². The van der Waals surface area contributed by atoms with Gasteiger partial charge in [0.15, 0.2) is 0 Å². The Hall–Kier alpha value is -0.120. The predicted molar refractivity (Wildman–Crippen MR) is 75.8 cm³/mol. The Balaban J connectivity index is 2.19. The normalized spacial score (nSPS) is 28.3. The number of ether oxygens (including phenoxy) is 1. The van der Waals surface area contributed by atoms with E-state index in [1.807, 2.05) is 20.8 Å². The van der Waals surface area contributed by atoms with Gasteiger partial charge in [0.1, 0.15) is 0 Å². The zero-order chi connectivity index (χ0) is 13.6. The first kappa shape index (κ1) is 15.9. The van der Waals surface area contributed by atoms with Crippen molar-refractivity contribution in [3.8, 4) is 0 Å². The van der Waals surface area contributed by atoms with Gasteiger partial charge in [0.05, 0.1) is 18.3 Å². The Bertz CT molecular complexity index is 221. The van der Waals surface area contributed by atoms with Crippen molar-refractivity contribution in [1.82, 2.24) is 5.32 Å². The first-order valence-electron chi connectivity index (χ1n) is 7.53.